The number of hydrogen-bond donors (Lipinski definition) is 1. The van der Waals surface area contributed by atoms with Crippen LogP contribution in [0.25, 0.3) is 10.4 Å². The highest BCUT2D eigenvalue weighted by Crippen LogP contribution is 2.46. The standard InChI is InChI=1S/C23H29NO2S/c1-23(2)10-8-19-18(13-23)20(22(25)26)21(27-19)17-7-5-4-6-16(17)12-15-9-11-24(3)14-15/h4-7,15H,8-14H2,1-3H3,(H,25,26)/t15-/m0/s1. The molecule has 27 heavy (non-hydrogen) atoms. The van der Waals surface area contributed by atoms with Crippen LogP contribution in [-0.4, -0.2) is 36.1 Å². The molecule has 0 bridgehead atoms. The Morgan fingerprint density at radius 2 is 2.11 bits per heavy atom. The minimum atomic E-state index is -0.768. The van der Waals surface area contributed by atoms with Crippen LogP contribution in [0.3, 0.4) is 0 Å². The van der Waals surface area contributed by atoms with Gasteiger partial charge < -0.3 is 10.0 Å². The summed E-state index contributed by atoms with van der Waals surface area (Å²) in [6.45, 7) is 6.80. The van der Waals surface area contributed by atoms with E-state index in [-0.39, 0.29) is 5.41 Å². The molecule has 3 nitrogen and oxygen atoms in total. The van der Waals surface area contributed by atoms with E-state index in [4.69, 9.17) is 0 Å². The summed E-state index contributed by atoms with van der Waals surface area (Å²) in [5.74, 6) is -0.103. The summed E-state index contributed by atoms with van der Waals surface area (Å²) < 4.78 is 0. The molecule has 1 saturated heterocycles. The van der Waals surface area contributed by atoms with E-state index in [2.05, 4.69) is 44.0 Å². The first-order valence-electron chi connectivity index (χ1n) is 9.99. The molecule has 1 aliphatic heterocycles. The molecule has 2 aromatic rings. The molecular formula is C23H29NO2S. The quantitative estimate of drug-likeness (QED) is 0.796. The lowest BCUT2D eigenvalue weighted by atomic mass is 9.75. The molecule has 0 unspecified atom stereocenters. The number of nitrogens with zero attached hydrogens (tertiary/aromatic N) is 1. The smallest absolute Gasteiger partial charge is 0.337 e. The molecule has 1 fully saturated rings. The Balaban J connectivity index is 1.76. The van der Waals surface area contributed by atoms with Crippen LogP contribution in [0, 0.1) is 11.3 Å². The Labute approximate surface area is 166 Å². The highest BCUT2D eigenvalue weighted by atomic mass is 32.1. The van der Waals surface area contributed by atoms with Gasteiger partial charge in [0.2, 0.25) is 0 Å². The van der Waals surface area contributed by atoms with Gasteiger partial charge in [-0.25, -0.2) is 4.79 Å². The van der Waals surface area contributed by atoms with Gasteiger partial charge in [-0.15, -0.1) is 11.3 Å². The number of thiophene rings is 1. The van der Waals surface area contributed by atoms with Crippen molar-refractivity contribution in [2.45, 2.75) is 46.0 Å². The molecule has 1 N–H and O–H groups in total. The van der Waals surface area contributed by atoms with Gasteiger partial charge in [0.25, 0.3) is 0 Å². The molecule has 4 heteroatoms. The molecule has 0 spiro atoms. The predicted octanol–water partition coefficient (Wildman–Crippen LogP) is 5.12. The van der Waals surface area contributed by atoms with Crippen LogP contribution in [-0.2, 0) is 19.3 Å². The van der Waals surface area contributed by atoms with Gasteiger partial charge >= 0.3 is 5.97 Å². The lowest BCUT2D eigenvalue weighted by Crippen LogP contribution is -2.22. The Bertz CT molecular complexity index is 867. The maximum Gasteiger partial charge on any atom is 0.337 e. The van der Waals surface area contributed by atoms with Gasteiger partial charge in [-0.2, -0.15) is 0 Å². The zero-order valence-corrected chi connectivity index (χ0v) is 17.4. The summed E-state index contributed by atoms with van der Waals surface area (Å²) in [4.78, 5) is 16.9. The second kappa shape index (κ2) is 7.06. The van der Waals surface area contributed by atoms with Gasteiger partial charge in [-0.3, -0.25) is 0 Å². The third-order valence-corrected chi connectivity index (χ3v) is 7.57. The average molecular weight is 384 g/mol. The normalized spacial score (nSPS) is 22.0. The summed E-state index contributed by atoms with van der Waals surface area (Å²) >= 11 is 1.73. The number of rotatable bonds is 4. The van der Waals surface area contributed by atoms with Crippen molar-refractivity contribution in [1.29, 1.82) is 0 Å². The molecule has 1 aliphatic carbocycles. The number of aromatic carboxylic acids is 1. The third-order valence-electron chi connectivity index (χ3n) is 6.25. The van der Waals surface area contributed by atoms with Crippen molar-refractivity contribution >= 4 is 17.3 Å². The van der Waals surface area contributed by atoms with Crippen molar-refractivity contribution in [2.75, 3.05) is 20.1 Å². The van der Waals surface area contributed by atoms with E-state index in [1.807, 2.05) is 6.07 Å². The zero-order valence-electron chi connectivity index (χ0n) is 16.5. The number of aryl methyl sites for hydroxylation is 1. The first-order chi connectivity index (χ1) is 12.8. The molecule has 4 rings (SSSR count). The van der Waals surface area contributed by atoms with Gasteiger partial charge in [-0.1, -0.05) is 38.1 Å². The van der Waals surface area contributed by atoms with Crippen LogP contribution < -0.4 is 0 Å². The van der Waals surface area contributed by atoms with E-state index in [1.165, 1.54) is 16.9 Å². The SMILES string of the molecule is CN1CC[C@@H](Cc2ccccc2-c2sc3c(c2C(=O)O)CC(C)(C)CC3)C1. The number of benzene rings is 1. The lowest BCUT2D eigenvalue weighted by molar-refractivity contribution is 0.0696. The number of carbonyl (C=O) groups is 1. The summed E-state index contributed by atoms with van der Waals surface area (Å²) in [7, 11) is 2.18. The van der Waals surface area contributed by atoms with Crippen molar-refractivity contribution < 1.29 is 9.90 Å². The minimum absolute atomic E-state index is 0.184. The summed E-state index contributed by atoms with van der Waals surface area (Å²) in [5.41, 5.74) is 4.29. The second-order valence-corrected chi connectivity index (χ2v) is 10.2. The van der Waals surface area contributed by atoms with Gasteiger partial charge in [-0.05, 0) is 73.7 Å². The van der Waals surface area contributed by atoms with Crippen LogP contribution in [0.5, 0.6) is 0 Å². The molecule has 0 saturated carbocycles. The lowest BCUT2D eigenvalue weighted by Gasteiger charge is -2.29. The summed E-state index contributed by atoms with van der Waals surface area (Å²) in [5, 5.41) is 10.1. The van der Waals surface area contributed by atoms with Crippen molar-refractivity contribution in [3.05, 3.63) is 45.8 Å². The Morgan fingerprint density at radius 3 is 2.81 bits per heavy atom. The van der Waals surface area contributed by atoms with Crippen molar-refractivity contribution in [2.24, 2.45) is 11.3 Å². The number of likely N-dealkylation sites (tertiary alicyclic amines) is 1. The third kappa shape index (κ3) is 3.70. The van der Waals surface area contributed by atoms with E-state index in [0.717, 1.165) is 54.8 Å². The molecule has 1 aromatic carbocycles. The second-order valence-electron chi connectivity index (χ2n) is 9.13. The van der Waals surface area contributed by atoms with Crippen LogP contribution in [0.4, 0.5) is 0 Å². The van der Waals surface area contributed by atoms with Gasteiger partial charge in [0.05, 0.1) is 5.56 Å². The largest absolute Gasteiger partial charge is 0.478 e. The fourth-order valence-corrected chi connectivity index (χ4v) is 6.13. The summed E-state index contributed by atoms with van der Waals surface area (Å²) in [6.07, 6.45) is 5.27. The average Bonchev–Trinajstić information content (AvgIpc) is 3.17. The van der Waals surface area contributed by atoms with Crippen LogP contribution >= 0.6 is 11.3 Å². The molecule has 2 heterocycles. The van der Waals surface area contributed by atoms with Crippen LogP contribution in [0.2, 0.25) is 0 Å². The topological polar surface area (TPSA) is 40.5 Å². The van der Waals surface area contributed by atoms with Crippen molar-refractivity contribution in [3.8, 4) is 10.4 Å². The van der Waals surface area contributed by atoms with E-state index < -0.39 is 5.97 Å². The highest BCUT2D eigenvalue weighted by molar-refractivity contribution is 7.16. The van der Waals surface area contributed by atoms with E-state index in [1.54, 1.807) is 11.3 Å². The molecule has 0 amide bonds. The maximum atomic E-state index is 12.2. The molecule has 1 atom stereocenters. The number of fused-ring (bicyclic) bond motifs is 1. The Kier molecular flexibility index (Phi) is 4.89. The summed E-state index contributed by atoms with van der Waals surface area (Å²) in [6, 6.07) is 8.47. The first-order valence-corrected chi connectivity index (χ1v) is 10.8. The Hall–Kier alpha value is -1.65. The van der Waals surface area contributed by atoms with Crippen LogP contribution in [0.15, 0.2) is 24.3 Å². The van der Waals surface area contributed by atoms with Crippen molar-refractivity contribution in [1.82, 2.24) is 4.90 Å². The molecule has 144 valence electrons. The zero-order chi connectivity index (χ0) is 19.2. The van der Waals surface area contributed by atoms with E-state index in [9.17, 15) is 9.90 Å². The first kappa shape index (κ1) is 18.7. The van der Waals surface area contributed by atoms with E-state index >= 15 is 0 Å². The van der Waals surface area contributed by atoms with E-state index in [0.29, 0.717) is 11.5 Å². The van der Waals surface area contributed by atoms with Gasteiger partial charge in [0.15, 0.2) is 0 Å². The number of carboxylic acid groups (broad SMARTS) is 1. The van der Waals surface area contributed by atoms with Gasteiger partial charge in [0.1, 0.15) is 0 Å². The number of carboxylic acids is 1. The number of hydrogen-bond acceptors (Lipinski definition) is 3. The van der Waals surface area contributed by atoms with Crippen LogP contribution in [0.1, 0.15) is 53.1 Å². The Morgan fingerprint density at radius 1 is 1.33 bits per heavy atom. The fourth-order valence-electron chi connectivity index (χ4n) is 4.76. The molecule has 1 aromatic heterocycles. The maximum absolute atomic E-state index is 12.2. The predicted molar refractivity (Wildman–Crippen MR) is 112 cm³/mol. The minimum Gasteiger partial charge on any atom is -0.478 e. The monoisotopic (exact) mass is 383 g/mol. The van der Waals surface area contributed by atoms with Crippen molar-refractivity contribution in [3.63, 3.8) is 0 Å². The van der Waals surface area contributed by atoms with Gasteiger partial charge in [0, 0.05) is 16.3 Å². The highest BCUT2D eigenvalue weighted by Gasteiger charge is 2.33. The molecule has 0 radical (unpaired) electrons. The molecule has 2 aliphatic rings. The fraction of sp³-hybridized carbons (Fsp3) is 0.522. The molecular weight excluding hydrogens is 354 g/mol.